The first kappa shape index (κ1) is 22.6. The van der Waals surface area contributed by atoms with Gasteiger partial charge in [-0.15, -0.1) is 0 Å². The number of carbonyl (C=O) groups excluding carboxylic acids is 1. The molecule has 1 N–H and O–H groups in total. The Morgan fingerprint density at radius 2 is 1.74 bits per heavy atom. The van der Waals surface area contributed by atoms with Crippen molar-refractivity contribution in [3.05, 3.63) is 57.1 Å². The van der Waals surface area contributed by atoms with E-state index < -0.39 is 10.8 Å². The Hall–Kier alpha value is -3.11. The van der Waals surface area contributed by atoms with Gasteiger partial charge in [-0.1, -0.05) is 17.7 Å². The van der Waals surface area contributed by atoms with E-state index in [0.29, 0.717) is 48.4 Å². The zero-order valence-electron chi connectivity index (χ0n) is 17.0. The van der Waals surface area contributed by atoms with Crippen LogP contribution in [-0.4, -0.2) is 61.2 Å². The van der Waals surface area contributed by atoms with Crippen molar-refractivity contribution in [2.24, 2.45) is 0 Å². The van der Waals surface area contributed by atoms with Gasteiger partial charge in [0.05, 0.1) is 19.1 Å². The van der Waals surface area contributed by atoms with E-state index >= 15 is 0 Å². The second-order valence-corrected chi connectivity index (χ2v) is 7.48. The first-order valence-electron chi connectivity index (χ1n) is 9.35. The van der Waals surface area contributed by atoms with Crippen LogP contribution in [0.15, 0.2) is 36.4 Å². The van der Waals surface area contributed by atoms with E-state index in [0.717, 1.165) is 0 Å². The summed E-state index contributed by atoms with van der Waals surface area (Å²) in [6.07, 6.45) is 0. The number of piperazine rings is 1. The molecule has 2 aromatic carbocycles. The molecule has 11 heteroatoms. The van der Waals surface area contributed by atoms with E-state index in [1.54, 1.807) is 30.3 Å². The molecule has 164 valence electrons. The highest BCUT2D eigenvalue weighted by Crippen LogP contribution is 2.32. The van der Waals surface area contributed by atoms with E-state index in [1.807, 2.05) is 9.80 Å². The summed E-state index contributed by atoms with van der Waals surface area (Å²) in [5.74, 6) is 0.314. The molecule has 1 heterocycles. The third-order valence-electron chi connectivity index (χ3n) is 4.92. The van der Waals surface area contributed by atoms with Crippen LogP contribution in [0.5, 0.6) is 11.5 Å². The summed E-state index contributed by atoms with van der Waals surface area (Å²) in [4.78, 5) is 27.5. The number of ether oxygens (including phenoxy) is 2. The monoisotopic (exact) mass is 464 g/mol. The van der Waals surface area contributed by atoms with Crippen molar-refractivity contribution in [1.29, 1.82) is 0 Å². The van der Waals surface area contributed by atoms with Gasteiger partial charge in [0.2, 0.25) is 0 Å². The highest BCUT2D eigenvalue weighted by Gasteiger charge is 2.26. The Morgan fingerprint density at radius 3 is 2.29 bits per heavy atom. The van der Waals surface area contributed by atoms with Crippen molar-refractivity contribution in [3.8, 4) is 11.5 Å². The van der Waals surface area contributed by atoms with Crippen LogP contribution in [0.25, 0.3) is 0 Å². The van der Waals surface area contributed by atoms with Crippen LogP contribution in [-0.2, 0) is 0 Å². The minimum absolute atomic E-state index is 0.0416. The van der Waals surface area contributed by atoms with Crippen molar-refractivity contribution in [2.75, 3.05) is 45.3 Å². The molecule has 0 aromatic heterocycles. The van der Waals surface area contributed by atoms with Crippen molar-refractivity contribution >= 4 is 46.2 Å². The molecule has 0 bridgehead atoms. The minimum atomic E-state index is -0.445. The number of thiocarbonyl (C=S) groups is 1. The number of nitro benzene ring substituents is 1. The number of nitrogens with one attached hydrogen (secondary N) is 1. The smallest absolute Gasteiger partial charge is 0.294 e. The number of carbonyl (C=O) groups is 1. The summed E-state index contributed by atoms with van der Waals surface area (Å²) in [5, 5.41) is 14.7. The molecular weight excluding hydrogens is 444 g/mol. The molecule has 0 radical (unpaired) electrons. The van der Waals surface area contributed by atoms with Crippen molar-refractivity contribution in [1.82, 2.24) is 10.2 Å². The van der Waals surface area contributed by atoms with Gasteiger partial charge in [0, 0.05) is 37.3 Å². The molecule has 0 aliphatic carbocycles. The van der Waals surface area contributed by atoms with Crippen molar-refractivity contribution < 1.29 is 19.2 Å². The molecule has 2 aromatic rings. The van der Waals surface area contributed by atoms with Gasteiger partial charge >= 0.3 is 0 Å². The van der Waals surface area contributed by atoms with Crippen molar-refractivity contribution in [3.63, 3.8) is 0 Å². The quantitative estimate of drug-likeness (QED) is 0.409. The Morgan fingerprint density at radius 1 is 1.13 bits per heavy atom. The van der Waals surface area contributed by atoms with Crippen LogP contribution < -0.4 is 19.7 Å². The average Bonchev–Trinajstić information content (AvgIpc) is 2.78. The van der Waals surface area contributed by atoms with Gasteiger partial charge < -0.3 is 19.3 Å². The Bertz CT molecular complexity index is 989. The number of rotatable bonds is 5. The largest absolute Gasteiger partial charge is 0.496 e. The molecular formula is C20H21ClN4O5S. The third-order valence-corrected chi connectivity index (χ3v) is 5.51. The Labute approximate surface area is 189 Å². The highest BCUT2D eigenvalue weighted by molar-refractivity contribution is 7.80. The third kappa shape index (κ3) is 4.97. The number of nitro groups is 1. The predicted molar refractivity (Wildman–Crippen MR) is 122 cm³/mol. The second kappa shape index (κ2) is 9.80. The lowest BCUT2D eigenvalue weighted by Crippen LogP contribution is -2.52. The van der Waals surface area contributed by atoms with E-state index in [-0.39, 0.29) is 16.4 Å². The summed E-state index contributed by atoms with van der Waals surface area (Å²) in [5.41, 5.74) is 0.716. The molecule has 1 aliphatic rings. The van der Waals surface area contributed by atoms with Crippen molar-refractivity contribution in [2.45, 2.75) is 0 Å². The number of nitrogens with zero attached hydrogens (tertiary/aromatic N) is 3. The lowest BCUT2D eigenvalue weighted by molar-refractivity contribution is -0.384. The molecule has 0 saturated carbocycles. The fourth-order valence-corrected chi connectivity index (χ4v) is 3.82. The molecule has 0 spiro atoms. The van der Waals surface area contributed by atoms with Crippen LogP contribution in [0.3, 0.4) is 0 Å². The number of methoxy groups -OCH3 is 2. The van der Waals surface area contributed by atoms with Crippen LogP contribution >= 0.6 is 23.8 Å². The van der Waals surface area contributed by atoms with Gasteiger partial charge in [0.25, 0.3) is 11.6 Å². The molecule has 1 amide bonds. The molecule has 0 unspecified atom stereocenters. The Balaban J connectivity index is 1.67. The van der Waals surface area contributed by atoms with Gasteiger partial charge in [-0.3, -0.25) is 20.2 Å². The maximum Gasteiger partial charge on any atom is 0.294 e. The zero-order chi connectivity index (χ0) is 22.5. The molecule has 3 rings (SSSR count). The summed E-state index contributed by atoms with van der Waals surface area (Å²) < 4.78 is 10.5. The lowest BCUT2D eigenvalue weighted by atomic mass is 10.1. The first-order valence-corrected chi connectivity index (χ1v) is 10.1. The second-order valence-electron chi connectivity index (χ2n) is 6.66. The summed E-state index contributed by atoms with van der Waals surface area (Å²) in [6, 6.07) is 9.67. The van der Waals surface area contributed by atoms with E-state index in [4.69, 9.17) is 33.3 Å². The zero-order valence-corrected chi connectivity index (χ0v) is 18.5. The minimum Gasteiger partial charge on any atom is -0.496 e. The normalized spacial score (nSPS) is 13.5. The standard InChI is InChI=1S/C20H21ClN4O5S/c1-29-16-4-3-5-17(30-2)18(16)19(26)22-20(31)24-10-8-23(9-11-24)14-7-6-13(21)12-15(14)25(27)28/h3-7,12H,8-11H2,1-2H3,(H,22,26,31). The Kier molecular flexibility index (Phi) is 7.13. The van der Waals surface area contributed by atoms with Gasteiger partial charge in [-0.2, -0.15) is 0 Å². The van der Waals surface area contributed by atoms with E-state index in [1.165, 1.54) is 20.3 Å². The molecule has 1 aliphatic heterocycles. The van der Waals surface area contributed by atoms with Gasteiger partial charge in [-0.25, -0.2) is 0 Å². The summed E-state index contributed by atoms with van der Waals surface area (Å²) >= 11 is 11.3. The van der Waals surface area contributed by atoms with Crippen LogP contribution in [0.4, 0.5) is 11.4 Å². The number of anilines is 1. The van der Waals surface area contributed by atoms with Gasteiger partial charge in [0.1, 0.15) is 22.7 Å². The molecule has 0 atom stereocenters. The molecule has 1 saturated heterocycles. The number of halogens is 1. The summed E-state index contributed by atoms with van der Waals surface area (Å²) in [7, 11) is 2.94. The number of hydrogen-bond acceptors (Lipinski definition) is 7. The van der Waals surface area contributed by atoms with Crippen LogP contribution in [0.1, 0.15) is 10.4 Å². The average molecular weight is 465 g/mol. The van der Waals surface area contributed by atoms with E-state index in [2.05, 4.69) is 5.32 Å². The van der Waals surface area contributed by atoms with Gasteiger partial charge in [0.15, 0.2) is 5.11 Å². The maximum absolute atomic E-state index is 12.8. The number of hydrogen-bond donors (Lipinski definition) is 1. The molecule has 9 nitrogen and oxygen atoms in total. The maximum atomic E-state index is 12.8. The molecule has 31 heavy (non-hydrogen) atoms. The first-order chi connectivity index (χ1) is 14.8. The predicted octanol–water partition coefficient (Wildman–Crippen LogP) is 3.10. The summed E-state index contributed by atoms with van der Waals surface area (Å²) in [6.45, 7) is 1.97. The topological polar surface area (TPSA) is 97.2 Å². The number of amides is 1. The number of benzene rings is 2. The SMILES string of the molecule is COc1cccc(OC)c1C(=O)NC(=S)N1CCN(c2ccc(Cl)cc2[N+](=O)[O-])CC1. The highest BCUT2D eigenvalue weighted by atomic mass is 35.5. The van der Waals surface area contributed by atoms with Crippen LogP contribution in [0, 0.1) is 10.1 Å². The van der Waals surface area contributed by atoms with Gasteiger partial charge in [-0.05, 0) is 36.5 Å². The van der Waals surface area contributed by atoms with E-state index in [9.17, 15) is 14.9 Å². The fourth-order valence-electron chi connectivity index (χ4n) is 3.37. The molecule has 1 fully saturated rings. The fraction of sp³-hybridized carbons (Fsp3) is 0.300. The van der Waals surface area contributed by atoms with Crippen LogP contribution in [0.2, 0.25) is 5.02 Å². The lowest BCUT2D eigenvalue weighted by Gasteiger charge is -2.37.